The van der Waals surface area contributed by atoms with E-state index in [1.165, 1.54) is 0 Å². The minimum Gasteiger partial charge on any atom is -0.315 e. The Labute approximate surface area is 100 Å². The molecule has 2 heterocycles. The number of dihydropyridines is 1. The maximum Gasteiger partial charge on any atom is 0.269 e. The normalized spacial score (nSPS) is 23.8. The molecule has 1 fully saturated rings. The first kappa shape index (κ1) is 10.4. The summed E-state index contributed by atoms with van der Waals surface area (Å²) in [5, 5.41) is 3.37. The van der Waals surface area contributed by atoms with E-state index in [-0.39, 0.29) is 11.8 Å². The predicted octanol–water partition coefficient (Wildman–Crippen LogP) is 1.66. The van der Waals surface area contributed by atoms with Gasteiger partial charge in [0.15, 0.2) is 0 Å². The lowest BCUT2D eigenvalue weighted by atomic mass is 9.83. The minimum atomic E-state index is -0.114. The zero-order valence-electron chi connectivity index (χ0n) is 9.52. The Kier molecular flexibility index (Phi) is 2.61. The number of benzene rings is 1. The molecule has 0 radical (unpaired) electrons. The number of nitrogens with zero attached hydrogens (tertiary/aromatic N) is 1. The van der Waals surface area contributed by atoms with Crippen molar-refractivity contribution in [3.8, 4) is 0 Å². The molecule has 0 bridgehead atoms. The smallest absolute Gasteiger partial charge is 0.269 e. The van der Waals surface area contributed by atoms with Gasteiger partial charge in [0.05, 0.1) is 0 Å². The molecule has 3 heteroatoms. The first-order valence-electron chi connectivity index (χ1n) is 5.94. The highest BCUT2D eigenvalue weighted by Crippen LogP contribution is 2.29. The molecule has 3 nitrogen and oxygen atoms in total. The van der Waals surface area contributed by atoms with Crippen LogP contribution in [-0.4, -0.2) is 24.7 Å². The SMILES string of the molecule is O=C1C=C(c2ccccc2)C2CNCCC2=N1. The van der Waals surface area contributed by atoms with Crippen LogP contribution in [0, 0.1) is 5.92 Å². The van der Waals surface area contributed by atoms with Crippen molar-refractivity contribution in [2.75, 3.05) is 13.1 Å². The van der Waals surface area contributed by atoms with Gasteiger partial charge in [-0.25, -0.2) is 4.99 Å². The molecule has 1 saturated heterocycles. The van der Waals surface area contributed by atoms with Crippen LogP contribution in [0.2, 0.25) is 0 Å². The van der Waals surface area contributed by atoms with E-state index >= 15 is 0 Å². The third-order valence-electron chi connectivity index (χ3n) is 3.32. The molecule has 1 unspecified atom stereocenters. The zero-order valence-corrected chi connectivity index (χ0v) is 9.52. The van der Waals surface area contributed by atoms with Gasteiger partial charge in [0, 0.05) is 30.8 Å². The van der Waals surface area contributed by atoms with E-state index in [0.717, 1.165) is 36.4 Å². The number of aliphatic imine (C=N–C) groups is 1. The summed E-state index contributed by atoms with van der Waals surface area (Å²) in [6.45, 7) is 1.80. The Hall–Kier alpha value is -1.74. The first-order chi connectivity index (χ1) is 8.34. The average Bonchev–Trinajstić information content (AvgIpc) is 2.39. The number of nitrogens with one attached hydrogen (secondary N) is 1. The molecular formula is C14H14N2O. The number of hydrogen-bond acceptors (Lipinski definition) is 2. The molecule has 1 aromatic carbocycles. The van der Waals surface area contributed by atoms with Gasteiger partial charge < -0.3 is 5.32 Å². The molecule has 0 saturated carbocycles. The number of hydrogen-bond donors (Lipinski definition) is 1. The summed E-state index contributed by atoms with van der Waals surface area (Å²) < 4.78 is 0. The van der Waals surface area contributed by atoms with E-state index in [2.05, 4.69) is 22.4 Å². The summed E-state index contributed by atoms with van der Waals surface area (Å²) in [6.07, 6.45) is 2.55. The third-order valence-corrected chi connectivity index (χ3v) is 3.32. The minimum absolute atomic E-state index is 0.114. The molecule has 1 N–H and O–H groups in total. The molecular weight excluding hydrogens is 212 g/mol. The van der Waals surface area contributed by atoms with Crippen LogP contribution in [0.25, 0.3) is 5.57 Å². The van der Waals surface area contributed by atoms with Crippen molar-refractivity contribution >= 4 is 17.2 Å². The molecule has 3 rings (SSSR count). The standard InChI is InChI=1S/C14H14N2O/c17-14-8-11(10-4-2-1-3-5-10)12-9-15-7-6-13(12)16-14/h1-5,8,12,15H,6-7,9H2. The van der Waals surface area contributed by atoms with E-state index in [4.69, 9.17) is 0 Å². The highest BCUT2D eigenvalue weighted by molar-refractivity contribution is 6.13. The van der Waals surface area contributed by atoms with Crippen LogP contribution in [0.5, 0.6) is 0 Å². The fourth-order valence-electron chi connectivity index (χ4n) is 2.50. The van der Waals surface area contributed by atoms with E-state index < -0.39 is 0 Å². The number of amides is 1. The molecule has 2 aliphatic rings. The van der Waals surface area contributed by atoms with Crippen LogP contribution in [-0.2, 0) is 4.79 Å². The second kappa shape index (κ2) is 4.26. The van der Waals surface area contributed by atoms with Crippen LogP contribution in [0.1, 0.15) is 12.0 Å². The number of carbonyl (C=O) groups excluding carboxylic acids is 1. The molecule has 1 aromatic rings. The van der Waals surface area contributed by atoms with Gasteiger partial charge in [-0.1, -0.05) is 30.3 Å². The highest BCUT2D eigenvalue weighted by Gasteiger charge is 2.28. The molecule has 0 spiro atoms. The summed E-state index contributed by atoms with van der Waals surface area (Å²) in [7, 11) is 0. The first-order valence-corrected chi connectivity index (χ1v) is 5.94. The van der Waals surface area contributed by atoms with Gasteiger partial charge >= 0.3 is 0 Å². The van der Waals surface area contributed by atoms with Gasteiger partial charge in [-0.15, -0.1) is 0 Å². The molecule has 86 valence electrons. The number of carbonyl (C=O) groups is 1. The lowest BCUT2D eigenvalue weighted by Gasteiger charge is -2.29. The highest BCUT2D eigenvalue weighted by atomic mass is 16.1. The Balaban J connectivity index is 2.01. The quantitative estimate of drug-likeness (QED) is 0.791. The van der Waals surface area contributed by atoms with Crippen LogP contribution < -0.4 is 5.32 Å². The van der Waals surface area contributed by atoms with Crippen LogP contribution in [0.4, 0.5) is 0 Å². The lowest BCUT2D eigenvalue weighted by molar-refractivity contribution is -0.113. The topological polar surface area (TPSA) is 41.5 Å². The van der Waals surface area contributed by atoms with Gasteiger partial charge in [0.1, 0.15) is 0 Å². The van der Waals surface area contributed by atoms with Crippen LogP contribution >= 0.6 is 0 Å². The second-order valence-electron chi connectivity index (χ2n) is 4.41. The lowest BCUT2D eigenvalue weighted by Crippen LogP contribution is -2.39. The number of rotatable bonds is 1. The number of piperidine rings is 1. The summed E-state index contributed by atoms with van der Waals surface area (Å²) in [5.74, 6) is 0.154. The van der Waals surface area contributed by atoms with Crippen molar-refractivity contribution in [3.63, 3.8) is 0 Å². The van der Waals surface area contributed by atoms with Gasteiger partial charge in [-0.2, -0.15) is 0 Å². The van der Waals surface area contributed by atoms with E-state index in [9.17, 15) is 4.79 Å². The van der Waals surface area contributed by atoms with Gasteiger partial charge in [0.2, 0.25) is 0 Å². The monoisotopic (exact) mass is 226 g/mol. The fourth-order valence-corrected chi connectivity index (χ4v) is 2.50. The molecule has 0 aliphatic carbocycles. The van der Waals surface area contributed by atoms with Gasteiger partial charge in [-0.05, 0) is 17.6 Å². The summed E-state index contributed by atoms with van der Waals surface area (Å²) in [5.41, 5.74) is 3.27. The van der Waals surface area contributed by atoms with Crippen molar-refractivity contribution in [2.45, 2.75) is 6.42 Å². The second-order valence-corrected chi connectivity index (χ2v) is 4.41. The third kappa shape index (κ3) is 1.94. The average molecular weight is 226 g/mol. The largest absolute Gasteiger partial charge is 0.315 e. The maximum atomic E-state index is 11.6. The molecule has 1 amide bonds. The maximum absolute atomic E-state index is 11.6. The van der Waals surface area contributed by atoms with Crippen LogP contribution in [0.3, 0.4) is 0 Å². The Bertz CT molecular complexity index is 502. The predicted molar refractivity (Wildman–Crippen MR) is 67.8 cm³/mol. The van der Waals surface area contributed by atoms with Crippen molar-refractivity contribution in [3.05, 3.63) is 42.0 Å². The Morgan fingerprint density at radius 2 is 2.06 bits per heavy atom. The summed E-state index contributed by atoms with van der Waals surface area (Å²) >= 11 is 0. The van der Waals surface area contributed by atoms with E-state index in [1.54, 1.807) is 6.08 Å². The summed E-state index contributed by atoms with van der Waals surface area (Å²) in [6, 6.07) is 10.1. The number of fused-ring (bicyclic) bond motifs is 1. The van der Waals surface area contributed by atoms with Crippen molar-refractivity contribution < 1.29 is 4.79 Å². The van der Waals surface area contributed by atoms with Gasteiger partial charge in [-0.3, -0.25) is 4.79 Å². The molecule has 1 atom stereocenters. The Morgan fingerprint density at radius 3 is 2.88 bits per heavy atom. The van der Waals surface area contributed by atoms with Crippen LogP contribution in [0.15, 0.2) is 41.4 Å². The van der Waals surface area contributed by atoms with Crippen molar-refractivity contribution in [1.29, 1.82) is 0 Å². The molecule has 17 heavy (non-hydrogen) atoms. The van der Waals surface area contributed by atoms with Crippen molar-refractivity contribution in [2.24, 2.45) is 10.9 Å². The van der Waals surface area contributed by atoms with E-state index in [0.29, 0.717) is 0 Å². The zero-order chi connectivity index (χ0) is 11.7. The van der Waals surface area contributed by atoms with E-state index in [1.807, 2.05) is 18.2 Å². The van der Waals surface area contributed by atoms with Gasteiger partial charge in [0.25, 0.3) is 5.91 Å². The summed E-state index contributed by atoms with van der Waals surface area (Å²) in [4.78, 5) is 15.8. The fraction of sp³-hybridized carbons (Fsp3) is 0.286. The van der Waals surface area contributed by atoms with Crippen molar-refractivity contribution in [1.82, 2.24) is 5.32 Å². The Morgan fingerprint density at radius 1 is 1.24 bits per heavy atom. The molecule has 2 aliphatic heterocycles. The molecule has 0 aromatic heterocycles.